The van der Waals surface area contributed by atoms with E-state index < -0.39 is 0 Å². The van der Waals surface area contributed by atoms with Crippen molar-refractivity contribution in [3.63, 3.8) is 0 Å². The lowest BCUT2D eigenvalue weighted by atomic mass is 10.1. The van der Waals surface area contributed by atoms with E-state index in [4.69, 9.17) is 11.6 Å². The molecular formula is C26H28ClFN2O2S. The van der Waals surface area contributed by atoms with Gasteiger partial charge in [0.1, 0.15) is 12.4 Å². The molecule has 2 amide bonds. The molecule has 0 saturated heterocycles. The molecule has 0 radical (unpaired) electrons. The molecule has 33 heavy (non-hydrogen) atoms. The molecule has 0 unspecified atom stereocenters. The Bertz CT molecular complexity index is 1080. The number of hydrogen-bond donors (Lipinski definition) is 0. The minimum Gasteiger partial charge on any atom is -0.332 e. The van der Waals surface area contributed by atoms with Crippen LogP contribution in [-0.2, 0) is 17.9 Å². The van der Waals surface area contributed by atoms with Gasteiger partial charge in [-0.05, 0) is 74.4 Å². The Morgan fingerprint density at radius 3 is 2.24 bits per heavy atom. The first-order valence-corrected chi connectivity index (χ1v) is 12.1. The van der Waals surface area contributed by atoms with Gasteiger partial charge in [0.05, 0.1) is 6.54 Å². The molecule has 3 rings (SSSR count). The van der Waals surface area contributed by atoms with Crippen molar-refractivity contribution in [2.24, 2.45) is 0 Å². The number of nitrogens with zero attached hydrogens (tertiary/aromatic N) is 2. The topological polar surface area (TPSA) is 40.6 Å². The maximum absolute atomic E-state index is 13.5. The molecule has 7 heteroatoms. The molecule has 2 aromatic carbocycles. The molecule has 3 aromatic rings. The maximum atomic E-state index is 13.5. The van der Waals surface area contributed by atoms with Crippen molar-refractivity contribution in [3.8, 4) is 0 Å². The first kappa shape index (κ1) is 24.9. The molecule has 0 bridgehead atoms. The Hall–Kier alpha value is -2.70. The van der Waals surface area contributed by atoms with Crippen molar-refractivity contribution in [2.75, 3.05) is 6.54 Å². The molecule has 0 spiro atoms. The summed E-state index contributed by atoms with van der Waals surface area (Å²) in [6, 6.07) is 16.8. The quantitative estimate of drug-likeness (QED) is 0.355. The number of rotatable bonds is 9. The molecule has 1 heterocycles. The van der Waals surface area contributed by atoms with Crippen molar-refractivity contribution >= 4 is 34.8 Å². The Balaban J connectivity index is 1.83. The van der Waals surface area contributed by atoms with Gasteiger partial charge in [0, 0.05) is 32.9 Å². The van der Waals surface area contributed by atoms with E-state index in [1.807, 2.05) is 32.9 Å². The van der Waals surface area contributed by atoms with Crippen LogP contribution >= 0.6 is 22.9 Å². The van der Waals surface area contributed by atoms with Gasteiger partial charge in [-0.1, -0.05) is 30.7 Å². The monoisotopic (exact) mass is 486 g/mol. The first-order valence-electron chi connectivity index (χ1n) is 10.9. The van der Waals surface area contributed by atoms with Crippen molar-refractivity contribution in [1.29, 1.82) is 0 Å². The number of hydrogen-bond acceptors (Lipinski definition) is 3. The summed E-state index contributed by atoms with van der Waals surface area (Å²) < 4.78 is 13.4. The molecule has 4 nitrogen and oxygen atoms in total. The van der Waals surface area contributed by atoms with Gasteiger partial charge in [-0.2, -0.15) is 0 Å². The first-order chi connectivity index (χ1) is 15.8. The fraction of sp³-hybridized carbons (Fsp3) is 0.308. The van der Waals surface area contributed by atoms with Crippen LogP contribution in [0, 0.1) is 12.7 Å². The number of carbonyl (C=O) groups is 2. The molecule has 174 valence electrons. The van der Waals surface area contributed by atoms with E-state index in [2.05, 4.69) is 0 Å². The van der Waals surface area contributed by atoms with E-state index in [0.29, 0.717) is 30.1 Å². The van der Waals surface area contributed by atoms with Gasteiger partial charge in [-0.25, -0.2) is 4.39 Å². The Morgan fingerprint density at radius 2 is 1.67 bits per heavy atom. The van der Waals surface area contributed by atoms with Gasteiger partial charge in [0.25, 0.3) is 5.91 Å². The summed E-state index contributed by atoms with van der Waals surface area (Å²) in [5, 5.41) is 0.550. The molecule has 1 aromatic heterocycles. The molecule has 1 atom stereocenters. The second-order valence-electron chi connectivity index (χ2n) is 8.09. The van der Waals surface area contributed by atoms with Crippen LogP contribution in [-0.4, -0.2) is 34.2 Å². The van der Waals surface area contributed by atoms with Crippen molar-refractivity contribution in [3.05, 3.63) is 92.4 Å². The zero-order chi connectivity index (χ0) is 24.0. The standard InChI is InChI=1S/C26H28ClFN2O2S/c1-4-18(2)30(26(32)21-8-10-22(27)11-9-21)17-25(31)29(16-24-14-5-19(3)33-24)15-20-6-12-23(28)13-7-20/h5-14,18H,4,15-17H2,1-3H3/t18-/m0/s1. The van der Waals surface area contributed by atoms with Crippen LogP contribution in [0.4, 0.5) is 4.39 Å². The SMILES string of the molecule is CC[C@H](C)N(CC(=O)N(Cc1ccc(F)cc1)Cc1ccc(C)s1)C(=O)c1ccc(Cl)cc1. The van der Waals surface area contributed by atoms with Crippen LogP contribution in [0.2, 0.25) is 5.02 Å². The molecule has 0 aliphatic heterocycles. The van der Waals surface area contributed by atoms with E-state index in [9.17, 15) is 14.0 Å². The summed E-state index contributed by atoms with van der Waals surface area (Å²) in [5.41, 5.74) is 1.32. The van der Waals surface area contributed by atoms with Gasteiger partial charge in [-0.3, -0.25) is 9.59 Å². The average Bonchev–Trinajstić information content (AvgIpc) is 3.22. The lowest BCUT2D eigenvalue weighted by Gasteiger charge is -2.31. The molecule has 0 N–H and O–H groups in total. The smallest absolute Gasteiger partial charge is 0.254 e. The van der Waals surface area contributed by atoms with Gasteiger partial charge in [-0.15, -0.1) is 11.3 Å². The second kappa shape index (κ2) is 11.4. The highest BCUT2D eigenvalue weighted by atomic mass is 35.5. The number of halogens is 2. The number of thiophene rings is 1. The molecule has 0 aliphatic carbocycles. The van der Waals surface area contributed by atoms with Crippen molar-refractivity contribution in [2.45, 2.75) is 46.3 Å². The van der Waals surface area contributed by atoms with E-state index in [1.54, 1.807) is 57.5 Å². The largest absolute Gasteiger partial charge is 0.332 e. The van der Waals surface area contributed by atoms with Gasteiger partial charge in [0.15, 0.2) is 0 Å². The molecule has 0 aliphatic rings. The predicted molar refractivity (Wildman–Crippen MR) is 132 cm³/mol. The summed E-state index contributed by atoms with van der Waals surface area (Å²) in [7, 11) is 0. The highest BCUT2D eigenvalue weighted by Crippen LogP contribution is 2.20. The third kappa shape index (κ3) is 6.89. The Morgan fingerprint density at radius 1 is 1.00 bits per heavy atom. The number of benzene rings is 2. The summed E-state index contributed by atoms with van der Waals surface area (Å²) >= 11 is 7.60. The average molecular weight is 487 g/mol. The maximum Gasteiger partial charge on any atom is 0.254 e. The van der Waals surface area contributed by atoms with Crippen LogP contribution in [0.15, 0.2) is 60.7 Å². The normalized spacial score (nSPS) is 11.8. The zero-order valence-corrected chi connectivity index (χ0v) is 20.6. The Labute approximate surface area is 203 Å². The molecule has 0 fully saturated rings. The van der Waals surface area contributed by atoms with E-state index >= 15 is 0 Å². The summed E-state index contributed by atoms with van der Waals surface area (Å²) in [6.45, 7) is 6.67. The third-order valence-corrected chi connectivity index (χ3v) is 6.80. The molecular weight excluding hydrogens is 459 g/mol. The van der Waals surface area contributed by atoms with Gasteiger partial charge < -0.3 is 9.80 Å². The second-order valence-corrected chi connectivity index (χ2v) is 9.89. The van der Waals surface area contributed by atoms with E-state index in [1.165, 1.54) is 17.0 Å². The fourth-order valence-electron chi connectivity index (χ4n) is 3.45. The minimum absolute atomic E-state index is 0.0397. The van der Waals surface area contributed by atoms with Gasteiger partial charge >= 0.3 is 0 Å². The number of carbonyl (C=O) groups excluding carboxylic acids is 2. The van der Waals surface area contributed by atoms with Crippen LogP contribution in [0.3, 0.4) is 0 Å². The van der Waals surface area contributed by atoms with E-state index in [0.717, 1.165) is 10.4 Å². The third-order valence-electron chi connectivity index (χ3n) is 5.56. The van der Waals surface area contributed by atoms with E-state index in [-0.39, 0.29) is 30.2 Å². The van der Waals surface area contributed by atoms with Gasteiger partial charge in [0.2, 0.25) is 5.91 Å². The van der Waals surface area contributed by atoms with Crippen molar-refractivity contribution in [1.82, 2.24) is 9.80 Å². The van der Waals surface area contributed by atoms with Crippen LogP contribution < -0.4 is 0 Å². The minimum atomic E-state index is -0.318. The van der Waals surface area contributed by atoms with Crippen molar-refractivity contribution < 1.29 is 14.0 Å². The predicted octanol–water partition coefficient (Wildman–Crippen LogP) is 6.32. The highest BCUT2D eigenvalue weighted by molar-refractivity contribution is 7.11. The summed E-state index contributed by atoms with van der Waals surface area (Å²) in [5.74, 6) is -0.682. The number of aryl methyl sites for hydroxylation is 1. The molecule has 0 saturated carbocycles. The van der Waals surface area contributed by atoms with Crippen LogP contribution in [0.25, 0.3) is 0 Å². The highest BCUT2D eigenvalue weighted by Gasteiger charge is 2.26. The van der Waals surface area contributed by atoms with Crippen LogP contribution in [0.1, 0.15) is 45.9 Å². The zero-order valence-electron chi connectivity index (χ0n) is 19.1. The summed E-state index contributed by atoms with van der Waals surface area (Å²) in [6.07, 6.45) is 0.717. The fourth-order valence-corrected chi connectivity index (χ4v) is 4.48. The number of amides is 2. The van der Waals surface area contributed by atoms with Crippen LogP contribution in [0.5, 0.6) is 0 Å². The summed E-state index contributed by atoms with van der Waals surface area (Å²) in [4.78, 5) is 32.3. The lowest BCUT2D eigenvalue weighted by Crippen LogP contribution is -2.46. The Kier molecular flexibility index (Phi) is 8.64. The lowest BCUT2D eigenvalue weighted by molar-refractivity contribution is -0.133.